The van der Waals surface area contributed by atoms with E-state index in [1.165, 1.54) is 18.2 Å². The Bertz CT molecular complexity index is 396. The number of carboxylic acids is 1. The van der Waals surface area contributed by atoms with Gasteiger partial charge in [-0.3, -0.25) is 4.79 Å². The van der Waals surface area contributed by atoms with Gasteiger partial charge >= 0.3 is 5.97 Å². The zero-order valence-electron chi connectivity index (χ0n) is 7.11. The van der Waals surface area contributed by atoms with Crippen LogP contribution < -0.4 is 0 Å². The highest BCUT2D eigenvalue weighted by atomic mass is 79.9. The second-order valence-corrected chi connectivity index (χ2v) is 3.49. The minimum Gasteiger partial charge on any atom is -0.478 e. The zero-order chi connectivity index (χ0) is 10.6. The van der Waals surface area contributed by atoms with Crippen molar-refractivity contribution in [1.82, 2.24) is 0 Å². The molecule has 0 spiro atoms. The van der Waals surface area contributed by atoms with Crippen LogP contribution in [0.4, 0.5) is 0 Å². The first-order chi connectivity index (χ1) is 6.63. The molecule has 1 N–H and O–H groups in total. The van der Waals surface area contributed by atoms with Gasteiger partial charge in [-0.2, -0.15) is 0 Å². The lowest BCUT2D eigenvalue weighted by atomic mass is 10.1. The molecule has 0 radical (unpaired) electrons. The Kier molecular flexibility index (Phi) is 3.59. The maximum atomic E-state index is 10.7. The molecule has 4 heteroatoms. The van der Waals surface area contributed by atoms with Gasteiger partial charge in [0, 0.05) is 4.47 Å². The molecule has 0 bridgehead atoms. The summed E-state index contributed by atoms with van der Waals surface area (Å²) in [5.41, 5.74) is 0.855. The van der Waals surface area contributed by atoms with Crippen LogP contribution in [-0.4, -0.2) is 17.4 Å². The topological polar surface area (TPSA) is 54.4 Å². The molecule has 0 aliphatic carbocycles. The van der Waals surface area contributed by atoms with E-state index >= 15 is 0 Å². The first-order valence-corrected chi connectivity index (χ1v) is 4.58. The van der Waals surface area contributed by atoms with E-state index in [-0.39, 0.29) is 5.56 Å². The van der Waals surface area contributed by atoms with E-state index in [0.29, 0.717) is 16.3 Å². The van der Waals surface area contributed by atoms with Crippen LogP contribution in [0.3, 0.4) is 0 Å². The summed E-state index contributed by atoms with van der Waals surface area (Å²) in [6.45, 7) is 0. The van der Waals surface area contributed by atoms with Crippen molar-refractivity contribution in [3.05, 3.63) is 39.9 Å². The monoisotopic (exact) mass is 254 g/mol. The third-order valence-corrected chi connectivity index (χ3v) is 1.99. The average molecular weight is 255 g/mol. The first kappa shape index (κ1) is 10.7. The summed E-state index contributed by atoms with van der Waals surface area (Å²) in [5.74, 6) is -0.993. The first-order valence-electron chi connectivity index (χ1n) is 3.79. The van der Waals surface area contributed by atoms with E-state index < -0.39 is 5.97 Å². The van der Waals surface area contributed by atoms with Crippen molar-refractivity contribution in [2.75, 3.05) is 0 Å². The largest absolute Gasteiger partial charge is 0.478 e. The predicted octanol–water partition coefficient (Wildman–Crippen LogP) is 2.36. The Balaban J connectivity index is 3.13. The maximum absolute atomic E-state index is 10.7. The number of rotatable bonds is 3. The molecule has 0 saturated carbocycles. The van der Waals surface area contributed by atoms with E-state index in [2.05, 4.69) is 15.9 Å². The zero-order valence-corrected chi connectivity index (χ0v) is 8.69. The average Bonchev–Trinajstić information content (AvgIpc) is 2.14. The van der Waals surface area contributed by atoms with Gasteiger partial charge in [-0.1, -0.05) is 22.0 Å². The number of carbonyl (C=O) groups excluding carboxylic acids is 1. The van der Waals surface area contributed by atoms with Crippen molar-refractivity contribution < 1.29 is 14.7 Å². The molecule has 0 unspecified atom stereocenters. The summed E-state index contributed by atoms with van der Waals surface area (Å²) in [4.78, 5) is 20.7. The van der Waals surface area contributed by atoms with Crippen LogP contribution in [0.5, 0.6) is 0 Å². The van der Waals surface area contributed by atoms with Gasteiger partial charge in [-0.15, -0.1) is 0 Å². The van der Waals surface area contributed by atoms with E-state index in [0.717, 1.165) is 0 Å². The number of carboxylic acid groups (broad SMARTS) is 1. The molecule has 1 aromatic rings. The molecule has 0 aliphatic rings. The molecule has 0 heterocycles. The highest BCUT2D eigenvalue weighted by Crippen LogP contribution is 2.16. The van der Waals surface area contributed by atoms with Crippen LogP contribution in [0.25, 0.3) is 6.08 Å². The number of hydrogen-bond donors (Lipinski definition) is 1. The van der Waals surface area contributed by atoms with E-state index in [4.69, 9.17) is 5.11 Å². The van der Waals surface area contributed by atoms with Crippen molar-refractivity contribution in [1.29, 1.82) is 0 Å². The highest BCUT2D eigenvalue weighted by Gasteiger charge is 2.04. The fourth-order valence-corrected chi connectivity index (χ4v) is 1.49. The minimum absolute atomic E-state index is 0.185. The number of aldehydes is 1. The van der Waals surface area contributed by atoms with Crippen LogP contribution in [0.2, 0.25) is 0 Å². The number of hydrogen-bond acceptors (Lipinski definition) is 2. The predicted molar refractivity (Wildman–Crippen MR) is 56.2 cm³/mol. The summed E-state index contributed by atoms with van der Waals surface area (Å²) < 4.78 is 0.669. The van der Waals surface area contributed by atoms with Crippen molar-refractivity contribution in [2.45, 2.75) is 0 Å². The van der Waals surface area contributed by atoms with Gasteiger partial charge in [0.05, 0.1) is 5.56 Å². The summed E-state index contributed by atoms with van der Waals surface area (Å²) in [6.07, 6.45) is 3.50. The molecule has 72 valence electrons. The number of allylic oxidation sites excluding steroid dienone is 1. The number of aromatic carboxylic acids is 1. The summed E-state index contributed by atoms with van der Waals surface area (Å²) in [6, 6.07) is 4.72. The molecule has 1 aromatic carbocycles. The van der Waals surface area contributed by atoms with Crippen molar-refractivity contribution >= 4 is 34.3 Å². The lowest BCUT2D eigenvalue weighted by Gasteiger charge is -1.98. The standard InChI is InChI=1S/C10H7BrO3/c11-9-5-7(2-1-3-12)4-8(6-9)10(13)14/h1-6H,(H,13,14). The highest BCUT2D eigenvalue weighted by molar-refractivity contribution is 9.10. The van der Waals surface area contributed by atoms with E-state index in [1.807, 2.05) is 0 Å². The Morgan fingerprint density at radius 3 is 2.64 bits per heavy atom. The summed E-state index contributed by atoms with van der Waals surface area (Å²) in [7, 11) is 0. The SMILES string of the molecule is O=CC=Cc1cc(Br)cc(C(=O)O)c1. The number of carbonyl (C=O) groups is 2. The molecule has 0 aliphatic heterocycles. The molecule has 0 fully saturated rings. The van der Waals surface area contributed by atoms with Gasteiger partial charge in [0.1, 0.15) is 6.29 Å². The van der Waals surface area contributed by atoms with Gasteiger partial charge in [0.25, 0.3) is 0 Å². The van der Waals surface area contributed by atoms with Crippen molar-refractivity contribution in [3.8, 4) is 0 Å². The number of benzene rings is 1. The van der Waals surface area contributed by atoms with Gasteiger partial charge in [-0.05, 0) is 29.8 Å². The molecule has 14 heavy (non-hydrogen) atoms. The van der Waals surface area contributed by atoms with Crippen LogP contribution in [0.15, 0.2) is 28.7 Å². The third-order valence-electron chi connectivity index (χ3n) is 1.53. The smallest absolute Gasteiger partial charge is 0.335 e. The molecule has 0 atom stereocenters. The molecular formula is C10H7BrO3. The quantitative estimate of drug-likeness (QED) is 0.666. The Morgan fingerprint density at radius 1 is 1.36 bits per heavy atom. The Labute approximate surface area is 89.2 Å². The fourth-order valence-electron chi connectivity index (χ4n) is 0.982. The van der Waals surface area contributed by atoms with Crippen molar-refractivity contribution in [3.63, 3.8) is 0 Å². The molecule has 1 rings (SSSR count). The van der Waals surface area contributed by atoms with Gasteiger partial charge in [0.15, 0.2) is 0 Å². The molecular weight excluding hydrogens is 248 g/mol. The van der Waals surface area contributed by atoms with E-state index in [1.54, 1.807) is 12.1 Å². The van der Waals surface area contributed by atoms with Gasteiger partial charge in [0.2, 0.25) is 0 Å². The lowest BCUT2D eigenvalue weighted by Crippen LogP contribution is -1.96. The van der Waals surface area contributed by atoms with Gasteiger partial charge < -0.3 is 5.11 Å². The Morgan fingerprint density at radius 2 is 2.07 bits per heavy atom. The normalized spacial score (nSPS) is 10.4. The van der Waals surface area contributed by atoms with Gasteiger partial charge in [-0.25, -0.2) is 4.79 Å². The van der Waals surface area contributed by atoms with Crippen LogP contribution in [0, 0.1) is 0 Å². The number of halogens is 1. The molecule has 3 nitrogen and oxygen atoms in total. The van der Waals surface area contributed by atoms with Crippen molar-refractivity contribution in [2.24, 2.45) is 0 Å². The van der Waals surface area contributed by atoms with Crippen LogP contribution in [0.1, 0.15) is 15.9 Å². The Hall–Kier alpha value is -1.42. The molecule has 0 amide bonds. The lowest BCUT2D eigenvalue weighted by molar-refractivity contribution is -0.104. The fraction of sp³-hybridized carbons (Fsp3) is 0. The molecule has 0 saturated heterocycles. The summed E-state index contributed by atoms with van der Waals surface area (Å²) in [5, 5.41) is 8.74. The third kappa shape index (κ3) is 2.81. The summed E-state index contributed by atoms with van der Waals surface area (Å²) >= 11 is 3.19. The maximum Gasteiger partial charge on any atom is 0.335 e. The minimum atomic E-state index is -0.993. The molecule has 0 aromatic heterocycles. The van der Waals surface area contributed by atoms with Crippen LogP contribution in [-0.2, 0) is 4.79 Å². The second-order valence-electron chi connectivity index (χ2n) is 2.57. The van der Waals surface area contributed by atoms with Crippen LogP contribution >= 0.6 is 15.9 Å². The van der Waals surface area contributed by atoms with E-state index in [9.17, 15) is 9.59 Å². The second kappa shape index (κ2) is 4.72.